The molecule has 1 aliphatic heterocycles. The van der Waals surface area contributed by atoms with Crippen LogP contribution < -0.4 is 15.5 Å². The van der Waals surface area contributed by atoms with E-state index >= 15 is 0 Å². The van der Waals surface area contributed by atoms with Crippen molar-refractivity contribution in [3.8, 4) is 0 Å². The van der Waals surface area contributed by atoms with E-state index in [4.69, 9.17) is 21.4 Å². The smallest absolute Gasteiger partial charge is 0.293 e. The highest BCUT2D eigenvalue weighted by atomic mass is 32.1. The normalized spacial score (nSPS) is 13.3. The van der Waals surface area contributed by atoms with E-state index in [1.807, 2.05) is 55.1 Å². The monoisotopic (exact) mass is 545 g/mol. The Hall–Kier alpha value is -4.35. The Bertz CT molecular complexity index is 1520. The molecule has 11 heteroatoms. The Morgan fingerprint density at radius 1 is 1.08 bits per heavy atom. The van der Waals surface area contributed by atoms with Gasteiger partial charge >= 0.3 is 0 Å². The predicted molar refractivity (Wildman–Crippen MR) is 153 cm³/mol. The summed E-state index contributed by atoms with van der Waals surface area (Å²) in [7, 11) is 0. The number of nitrogens with one attached hydrogen (secondary N) is 2. The second-order valence-electron chi connectivity index (χ2n) is 9.35. The first-order valence-electron chi connectivity index (χ1n) is 12.5. The summed E-state index contributed by atoms with van der Waals surface area (Å²) >= 11 is 5.30. The minimum atomic E-state index is -0.540. The van der Waals surface area contributed by atoms with Crippen LogP contribution in [0.15, 0.2) is 59.0 Å². The van der Waals surface area contributed by atoms with Crippen LogP contribution in [0.5, 0.6) is 0 Å². The molecule has 1 aromatic heterocycles. The van der Waals surface area contributed by atoms with Crippen molar-refractivity contribution in [2.75, 3.05) is 36.5 Å². The maximum Gasteiger partial charge on any atom is 0.293 e. The topological polar surface area (TPSA) is 123 Å². The highest BCUT2D eigenvalue weighted by Crippen LogP contribution is 2.30. The quantitative estimate of drug-likeness (QED) is 0.198. The Kier molecular flexibility index (Phi) is 7.53. The third-order valence-electron chi connectivity index (χ3n) is 6.63. The zero-order chi connectivity index (χ0) is 27.5. The van der Waals surface area contributed by atoms with Crippen LogP contribution in [-0.4, -0.2) is 47.2 Å². The number of hydrogen-bond acceptors (Lipinski definition) is 8. The first kappa shape index (κ1) is 26.3. The molecule has 0 radical (unpaired) electrons. The fourth-order valence-electron chi connectivity index (χ4n) is 4.40. The van der Waals surface area contributed by atoms with Crippen molar-refractivity contribution >= 4 is 51.4 Å². The van der Waals surface area contributed by atoms with Crippen molar-refractivity contribution < 1.29 is 18.9 Å². The zero-order valence-corrected chi connectivity index (χ0v) is 22.3. The number of rotatable bonds is 6. The number of hydrogen-bond donors (Lipinski definition) is 2. The summed E-state index contributed by atoms with van der Waals surface area (Å²) in [5.74, 6) is 0.0920. The van der Waals surface area contributed by atoms with Crippen molar-refractivity contribution in [3.05, 3.63) is 92.9 Å². The second-order valence-corrected chi connectivity index (χ2v) is 9.76. The molecular formula is C28H27N5O5S. The lowest BCUT2D eigenvalue weighted by Crippen LogP contribution is -2.37. The van der Waals surface area contributed by atoms with Gasteiger partial charge in [0.25, 0.3) is 11.6 Å². The molecule has 0 spiro atoms. The maximum absolute atomic E-state index is 12.8. The minimum Gasteiger partial charge on any atom is -0.440 e. The molecule has 1 amide bonds. The molecule has 1 aliphatic rings. The molecule has 39 heavy (non-hydrogen) atoms. The Morgan fingerprint density at radius 2 is 1.79 bits per heavy atom. The largest absolute Gasteiger partial charge is 0.440 e. The number of aromatic nitrogens is 1. The Balaban J connectivity index is 1.20. The molecule has 0 unspecified atom stereocenters. The standard InChI is InChI=1S/C28H27N5O5S/c1-17-13-22-25(14-18(17)2)38-26(30-22)15-19-3-6-21(7-4-19)29-28(39)31-27(34)20-5-8-23(24(16-20)33(35)36)32-9-11-37-12-10-32/h3-8,13-14,16H,9-12,15H2,1-2H3,(H2,29,31,34,39). The van der Waals surface area contributed by atoms with Gasteiger partial charge in [0, 0.05) is 36.8 Å². The van der Waals surface area contributed by atoms with E-state index in [0.29, 0.717) is 50.0 Å². The lowest BCUT2D eigenvalue weighted by atomic mass is 10.1. The van der Waals surface area contributed by atoms with E-state index in [0.717, 1.165) is 22.2 Å². The predicted octanol–water partition coefficient (Wildman–Crippen LogP) is 4.91. The lowest BCUT2D eigenvalue weighted by Gasteiger charge is -2.28. The molecule has 1 fully saturated rings. The van der Waals surface area contributed by atoms with E-state index in [1.54, 1.807) is 12.1 Å². The number of thiocarbonyl (C=S) groups is 1. The van der Waals surface area contributed by atoms with Crippen LogP contribution in [0.2, 0.25) is 0 Å². The number of nitrogens with zero attached hydrogens (tertiary/aromatic N) is 3. The first-order chi connectivity index (χ1) is 18.8. The van der Waals surface area contributed by atoms with Crippen molar-refractivity contribution in [2.24, 2.45) is 0 Å². The summed E-state index contributed by atoms with van der Waals surface area (Å²) in [5.41, 5.74) is 6.09. The second kappa shape index (κ2) is 11.2. The van der Waals surface area contributed by atoms with E-state index in [1.165, 1.54) is 11.6 Å². The van der Waals surface area contributed by atoms with Crippen molar-refractivity contribution in [2.45, 2.75) is 20.3 Å². The molecule has 0 atom stereocenters. The summed E-state index contributed by atoms with van der Waals surface area (Å²) < 4.78 is 11.2. The number of nitro benzene ring substituents is 1. The fourth-order valence-corrected chi connectivity index (χ4v) is 4.61. The van der Waals surface area contributed by atoms with Crippen LogP contribution in [0.1, 0.15) is 32.9 Å². The molecule has 2 N–H and O–H groups in total. The van der Waals surface area contributed by atoms with Gasteiger partial charge in [-0.05, 0) is 79.2 Å². The molecule has 3 aromatic carbocycles. The summed E-state index contributed by atoms with van der Waals surface area (Å²) in [6.07, 6.45) is 0.535. The number of aryl methyl sites for hydroxylation is 2. The molecule has 5 rings (SSSR count). The number of carbonyl (C=O) groups excluding carboxylic acids is 1. The van der Waals surface area contributed by atoms with E-state index in [-0.39, 0.29) is 16.4 Å². The van der Waals surface area contributed by atoms with E-state index in [9.17, 15) is 14.9 Å². The van der Waals surface area contributed by atoms with Crippen molar-refractivity contribution in [1.29, 1.82) is 0 Å². The molecule has 200 valence electrons. The Labute approximate surface area is 230 Å². The molecule has 0 bridgehead atoms. The number of amides is 1. The first-order valence-corrected chi connectivity index (χ1v) is 12.9. The number of nitro groups is 1. The van der Waals surface area contributed by atoms with Crippen molar-refractivity contribution in [3.63, 3.8) is 0 Å². The number of fused-ring (bicyclic) bond motifs is 1. The van der Waals surface area contributed by atoms with Crippen LogP contribution in [0, 0.1) is 24.0 Å². The van der Waals surface area contributed by atoms with Crippen molar-refractivity contribution in [1.82, 2.24) is 10.3 Å². The van der Waals surface area contributed by atoms with Gasteiger partial charge in [0.15, 0.2) is 16.6 Å². The van der Waals surface area contributed by atoms with E-state index in [2.05, 4.69) is 15.6 Å². The van der Waals surface area contributed by atoms with Crippen LogP contribution in [0.3, 0.4) is 0 Å². The molecule has 1 saturated heterocycles. The van der Waals surface area contributed by atoms with Gasteiger partial charge in [-0.15, -0.1) is 0 Å². The molecule has 10 nitrogen and oxygen atoms in total. The summed E-state index contributed by atoms with van der Waals surface area (Å²) in [6.45, 7) is 6.18. The molecule has 0 aliphatic carbocycles. The third-order valence-corrected chi connectivity index (χ3v) is 6.83. The highest BCUT2D eigenvalue weighted by molar-refractivity contribution is 7.80. The average molecular weight is 546 g/mol. The Morgan fingerprint density at radius 3 is 2.51 bits per heavy atom. The lowest BCUT2D eigenvalue weighted by molar-refractivity contribution is -0.384. The fraction of sp³-hybridized carbons (Fsp3) is 0.250. The SMILES string of the molecule is Cc1cc2nc(Cc3ccc(NC(=S)NC(=O)c4ccc(N5CCOCC5)c([N+](=O)[O-])c4)cc3)oc2cc1C. The van der Waals surface area contributed by atoms with Crippen LogP contribution in [-0.2, 0) is 11.2 Å². The molecular weight excluding hydrogens is 518 g/mol. The van der Waals surface area contributed by atoms with Crippen LogP contribution in [0.4, 0.5) is 17.1 Å². The van der Waals surface area contributed by atoms with Gasteiger partial charge in [-0.1, -0.05) is 12.1 Å². The third kappa shape index (κ3) is 6.05. The van der Waals surface area contributed by atoms with Crippen LogP contribution >= 0.6 is 12.2 Å². The van der Waals surface area contributed by atoms with Crippen LogP contribution in [0.25, 0.3) is 11.1 Å². The van der Waals surface area contributed by atoms with E-state index < -0.39 is 10.8 Å². The summed E-state index contributed by atoms with van der Waals surface area (Å²) in [4.78, 5) is 30.4. The number of anilines is 2. The minimum absolute atomic E-state index is 0.0809. The number of benzene rings is 3. The maximum atomic E-state index is 12.8. The number of ether oxygens (including phenoxy) is 1. The van der Waals surface area contributed by atoms with Gasteiger partial charge in [-0.3, -0.25) is 20.2 Å². The molecule has 4 aromatic rings. The zero-order valence-electron chi connectivity index (χ0n) is 21.5. The number of carbonyl (C=O) groups is 1. The van der Waals surface area contributed by atoms with Gasteiger partial charge in [0.2, 0.25) is 0 Å². The number of oxazole rings is 1. The van der Waals surface area contributed by atoms with Gasteiger partial charge < -0.3 is 19.4 Å². The van der Waals surface area contributed by atoms with Gasteiger partial charge in [-0.2, -0.15) is 0 Å². The van der Waals surface area contributed by atoms with Gasteiger partial charge in [0.05, 0.1) is 18.1 Å². The van der Waals surface area contributed by atoms with Gasteiger partial charge in [0.1, 0.15) is 11.2 Å². The highest BCUT2D eigenvalue weighted by Gasteiger charge is 2.23. The number of morpholine rings is 1. The van der Waals surface area contributed by atoms with Gasteiger partial charge in [-0.25, -0.2) is 4.98 Å². The average Bonchev–Trinajstić information content (AvgIpc) is 3.30. The molecule has 2 heterocycles. The summed E-state index contributed by atoms with van der Waals surface area (Å²) in [6, 6.07) is 16.0. The molecule has 0 saturated carbocycles. The summed E-state index contributed by atoms with van der Waals surface area (Å²) in [5, 5.41) is 17.3.